The first-order valence-electron chi connectivity index (χ1n) is 10.7. The van der Waals surface area contributed by atoms with Gasteiger partial charge in [-0.05, 0) is 11.5 Å². The fraction of sp³-hybridized carbons (Fsp3) is 0.409. The predicted molar refractivity (Wildman–Crippen MR) is 127 cm³/mol. The van der Waals surface area contributed by atoms with Crippen molar-refractivity contribution in [2.45, 2.75) is 27.2 Å². The number of piperazine rings is 1. The number of halogens is 1. The number of fused-ring (bicyclic) bond motifs is 1. The summed E-state index contributed by atoms with van der Waals surface area (Å²) in [6.45, 7) is 8.74. The summed E-state index contributed by atoms with van der Waals surface area (Å²) < 4.78 is 1.38. The van der Waals surface area contributed by atoms with Gasteiger partial charge in [0.1, 0.15) is 5.56 Å². The number of carbonyl (C=O) groups excluding carboxylic acids is 2. The van der Waals surface area contributed by atoms with Crippen LogP contribution in [0.2, 0.25) is 5.02 Å². The van der Waals surface area contributed by atoms with Crippen molar-refractivity contribution >= 4 is 46.3 Å². The molecule has 1 aliphatic rings. The number of amides is 2. The van der Waals surface area contributed by atoms with E-state index >= 15 is 0 Å². The van der Waals surface area contributed by atoms with E-state index in [9.17, 15) is 9.59 Å². The van der Waals surface area contributed by atoms with Crippen LogP contribution in [0.5, 0.6) is 0 Å². The van der Waals surface area contributed by atoms with E-state index in [4.69, 9.17) is 17.3 Å². The van der Waals surface area contributed by atoms with Crippen molar-refractivity contribution in [3.63, 3.8) is 0 Å². The van der Waals surface area contributed by atoms with Crippen LogP contribution in [0, 0.1) is 5.41 Å². The molecule has 0 aromatic carbocycles. The maximum absolute atomic E-state index is 13.1. The number of nitrogen functional groups attached to an aromatic ring is 1. The summed E-state index contributed by atoms with van der Waals surface area (Å²) in [6, 6.07) is 1.85. The van der Waals surface area contributed by atoms with Crippen LogP contribution in [0.3, 0.4) is 0 Å². The van der Waals surface area contributed by atoms with Crippen LogP contribution in [-0.4, -0.2) is 62.5 Å². The van der Waals surface area contributed by atoms with E-state index in [0.29, 0.717) is 49.0 Å². The lowest BCUT2D eigenvalue weighted by Crippen LogP contribution is -2.49. The number of hydrogen-bond donors (Lipinski definition) is 2. The van der Waals surface area contributed by atoms with Crippen molar-refractivity contribution in [1.29, 1.82) is 0 Å². The first kappa shape index (κ1) is 22.8. The zero-order chi connectivity index (χ0) is 23.8. The minimum absolute atomic E-state index is 0.0447. The van der Waals surface area contributed by atoms with Crippen molar-refractivity contribution in [1.82, 2.24) is 24.5 Å². The molecule has 3 aromatic rings. The molecule has 174 valence electrons. The topological polar surface area (TPSA) is 122 Å². The quantitative estimate of drug-likeness (QED) is 0.601. The predicted octanol–water partition coefficient (Wildman–Crippen LogP) is 2.70. The molecule has 0 bridgehead atoms. The van der Waals surface area contributed by atoms with Crippen LogP contribution in [0.4, 0.5) is 17.2 Å². The van der Waals surface area contributed by atoms with Crippen LogP contribution < -0.4 is 16.0 Å². The molecule has 0 unspecified atom stereocenters. The standard InChI is InChI=1S/C22H27ClN8O2/c1-22(2,3)10-17(32)30-8-6-29(7-9-30)16-4-5-25-12-15(16)27-21(33)18-19(24)28-31-13-14(23)11-26-20(18)31/h4-5,11-13H,6-10H2,1-3H3,(H2,24,28)(H,27,33). The van der Waals surface area contributed by atoms with Crippen molar-refractivity contribution in [2.75, 3.05) is 42.1 Å². The van der Waals surface area contributed by atoms with Gasteiger partial charge in [-0.15, -0.1) is 5.10 Å². The minimum Gasteiger partial charge on any atom is -0.381 e. The molecule has 0 aliphatic carbocycles. The number of pyridine rings is 1. The lowest BCUT2D eigenvalue weighted by Gasteiger charge is -2.37. The highest BCUT2D eigenvalue weighted by Crippen LogP contribution is 2.28. The number of carbonyl (C=O) groups is 2. The second-order valence-electron chi connectivity index (χ2n) is 9.25. The summed E-state index contributed by atoms with van der Waals surface area (Å²) in [5.41, 5.74) is 7.79. The summed E-state index contributed by atoms with van der Waals surface area (Å²) in [7, 11) is 0. The average Bonchev–Trinajstić information content (AvgIpc) is 3.08. The summed E-state index contributed by atoms with van der Waals surface area (Å²) in [5, 5.41) is 7.40. The van der Waals surface area contributed by atoms with Gasteiger partial charge < -0.3 is 20.9 Å². The normalized spacial score (nSPS) is 14.5. The van der Waals surface area contributed by atoms with E-state index < -0.39 is 5.91 Å². The second kappa shape index (κ2) is 8.86. The fourth-order valence-electron chi connectivity index (χ4n) is 3.85. The molecule has 3 aromatic heterocycles. The highest BCUT2D eigenvalue weighted by Gasteiger charge is 2.27. The average molecular weight is 471 g/mol. The number of nitrogens with two attached hydrogens (primary N) is 1. The highest BCUT2D eigenvalue weighted by molar-refractivity contribution is 6.30. The first-order valence-corrected chi connectivity index (χ1v) is 11.1. The molecular formula is C22H27ClN8O2. The van der Waals surface area contributed by atoms with E-state index in [1.807, 2.05) is 11.0 Å². The number of aromatic nitrogens is 4. The molecule has 10 nitrogen and oxygen atoms in total. The van der Waals surface area contributed by atoms with Crippen LogP contribution in [0.15, 0.2) is 30.9 Å². The molecule has 2 amide bonds. The molecule has 3 N–H and O–H groups in total. The van der Waals surface area contributed by atoms with Gasteiger partial charge in [0, 0.05) is 45.0 Å². The van der Waals surface area contributed by atoms with Crippen LogP contribution in [-0.2, 0) is 4.79 Å². The van der Waals surface area contributed by atoms with Crippen molar-refractivity contribution in [3.8, 4) is 0 Å². The van der Waals surface area contributed by atoms with E-state index in [-0.39, 0.29) is 22.7 Å². The number of hydrogen-bond acceptors (Lipinski definition) is 7. The van der Waals surface area contributed by atoms with E-state index in [1.54, 1.807) is 12.4 Å². The first-order chi connectivity index (χ1) is 15.6. The fourth-order valence-corrected chi connectivity index (χ4v) is 3.99. The van der Waals surface area contributed by atoms with Crippen molar-refractivity contribution in [2.24, 2.45) is 5.41 Å². The smallest absolute Gasteiger partial charge is 0.263 e. The van der Waals surface area contributed by atoms with Gasteiger partial charge >= 0.3 is 0 Å². The van der Waals surface area contributed by atoms with Crippen LogP contribution in [0.25, 0.3) is 5.65 Å². The lowest BCUT2D eigenvalue weighted by atomic mass is 9.91. The van der Waals surface area contributed by atoms with Gasteiger partial charge in [-0.25, -0.2) is 9.50 Å². The Morgan fingerprint density at radius 1 is 1.18 bits per heavy atom. The third-order valence-corrected chi connectivity index (χ3v) is 5.59. The van der Waals surface area contributed by atoms with E-state index in [0.717, 1.165) is 5.69 Å². The third kappa shape index (κ3) is 5.00. The summed E-state index contributed by atoms with van der Waals surface area (Å²) in [4.78, 5) is 38.0. The highest BCUT2D eigenvalue weighted by atomic mass is 35.5. The molecule has 4 rings (SSSR count). The van der Waals surface area contributed by atoms with Gasteiger partial charge in [-0.1, -0.05) is 32.4 Å². The third-order valence-electron chi connectivity index (χ3n) is 5.40. The molecule has 33 heavy (non-hydrogen) atoms. The Morgan fingerprint density at radius 3 is 2.61 bits per heavy atom. The van der Waals surface area contributed by atoms with Crippen LogP contribution >= 0.6 is 11.6 Å². The molecule has 1 saturated heterocycles. The van der Waals surface area contributed by atoms with Crippen molar-refractivity contribution in [3.05, 3.63) is 41.4 Å². The molecule has 0 atom stereocenters. The molecule has 0 radical (unpaired) electrons. The lowest BCUT2D eigenvalue weighted by molar-refractivity contribution is -0.133. The van der Waals surface area contributed by atoms with Gasteiger partial charge in [0.15, 0.2) is 11.5 Å². The Kier molecular flexibility index (Phi) is 6.11. The zero-order valence-electron chi connectivity index (χ0n) is 18.9. The summed E-state index contributed by atoms with van der Waals surface area (Å²) >= 11 is 5.95. The number of anilines is 3. The van der Waals surface area contributed by atoms with Gasteiger partial charge in [-0.3, -0.25) is 14.6 Å². The van der Waals surface area contributed by atoms with Gasteiger partial charge in [-0.2, -0.15) is 0 Å². The Morgan fingerprint density at radius 2 is 1.91 bits per heavy atom. The van der Waals surface area contributed by atoms with E-state index in [2.05, 4.69) is 46.1 Å². The molecule has 1 aliphatic heterocycles. The Bertz CT molecular complexity index is 1190. The Balaban J connectivity index is 1.50. The molecule has 4 heterocycles. The molecule has 0 spiro atoms. The maximum Gasteiger partial charge on any atom is 0.263 e. The van der Waals surface area contributed by atoms with Gasteiger partial charge in [0.2, 0.25) is 5.91 Å². The molecule has 1 fully saturated rings. The minimum atomic E-state index is -0.439. The van der Waals surface area contributed by atoms with Gasteiger partial charge in [0.05, 0.1) is 28.8 Å². The molecular weight excluding hydrogens is 444 g/mol. The Hall–Kier alpha value is -3.40. The zero-order valence-corrected chi connectivity index (χ0v) is 19.6. The molecule has 0 saturated carbocycles. The number of rotatable bonds is 4. The summed E-state index contributed by atoms with van der Waals surface area (Å²) in [5.74, 6) is -0.217. The van der Waals surface area contributed by atoms with Crippen molar-refractivity contribution < 1.29 is 9.59 Å². The maximum atomic E-state index is 13.1. The van der Waals surface area contributed by atoms with Gasteiger partial charge in [0.25, 0.3) is 5.91 Å². The number of nitrogens with one attached hydrogen (secondary N) is 1. The van der Waals surface area contributed by atoms with Crippen LogP contribution in [0.1, 0.15) is 37.6 Å². The molecule has 11 heteroatoms. The SMILES string of the molecule is CC(C)(C)CC(=O)N1CCN(c2ccncc2NC(=O)c2c(N)nn3cc(Cl)cnc23)CC1. The summed E-state index contributed by atoms with van der Waals surface area (Å²) in [6.07, 6.45) is 6.76. The number of nitrogens with zero attached hydrogens (tertiary/aromatic N) is 6. The monoisotopic (exact) mass is 470 g/mol. The largest absolute Gasteiger partial charge is 0.381 e. The van der Waals surface area contributed by atoms with E-state index in [1.165, 1.54) is 16.9 Å². The second-order valence-corrected chi connectivity index (χ2v) is 9.69. The Labute approximate surface area is 196 Å².